The van der Waals surface area contributed by atoms with E-state index < -0.39 is 10.3 Å². The molecule has 0 bridgehead atoms. The molecule has 0 heterocycles. The molecule has 0 amide bonds. The highest BCUT2D eigenvalue weighted by Gasteiger charge is 2.37. The molecule has 6 nitrogen and oxygen atoms in total. The largest absolute Gasteiger partial charge is 0.269 e. The van der Waals surface area contributed by atoms with Crippen LogP contribution in [0.2, 0.25) is 0 Å². The third-order valence-corrected chi connectivity index (χ3v) is 5.03. The van der Waals surface area contributed by atoms with E-state index in [1.165, 1.54) is 12.1 Å². The van der Waals surface area contributed by atoms with Gasteiger partial charge in [-0.15, -0.1) is 0 Å². The second-order valence-electron chi connectivity index (χ2n) is 6.12. The number of benzene rings is 2. The third-order valence-electron chi connectivity index (χ3n) is 4.31. The Hall–Kier alpha value is -2.28. The van der Waals surface area contributed by atoms with E-state index in [-0.39, 0.29) is 23.1 Å². The van der Waals surface area contributed by atoms with Crippen molar-refractivity contribution in [1.82, 2.24) is 0 Å². The average Bonchev–Trinajstić information content (AvgIpc) is 2.53. The van der Waals surface area contributed by atoms with E-state index >= 15 is 0 Å². The summed E-state index contributed by atoms with van der Waals surface area (Å²) in [7, 11) is 0. The monoisotopic (exact) mass is 392 g/mol. The predicted octanol–water partition coefficient (Wildman–Crippen LogP) is 4.70. The summed E-state index contributed by atoms with van der Waals surface area (Å²) in [5.41, 5.74) is 1.08. The molecule has 0 aliphatic heterocycles. The number of non-ortho nitro benzene ring substituents is 1. The van der Waals surface area contributed by atoms with Crippen molar-refractivity contribution < 1.29 is 9.85 Å². The maximum atomic E-state index is 11.2. The molecule has 1 unspecified atom stereocenters. The van der Waals surface area contributed by atoms with Crippen LogP contribution >= 0.6 is 15.9 Å². The molecular formula is C17H17BrN2O4. The number of halogens is 1. The first-order valence-electron chi connectivity index (χ1n) is 7.34. The van der Waals surface area contributed by atoms with Crippen LogP contribution in [0.15, 0.2) is 53.0 Å². The van der Waals surface area contributed by atoms with Gasteiger partial charge in [0, 0.05) is 26.9 Å². The summed E-state index contributed by atoms with van der Waals surface area (Å²) in [5.74, 6) is -0.385. The second-order valence-corrected chi connectivity index (χ2v) is 6.97. The van der Waals surface area contributed by atoms with Gasteiger partial charge in [-0.05, 0) is 17.2 Å². The number of hydrogen-bond donors (Lipinski definition) is 0. The number of rotatable bonds is 6. The Labute approximate surface area is 147 Å². The molecule has 0 fully saturated rings. The molecule has 126 valence electrons. The fourth-order valence-electron chi connectivity index (χ4n) is 2.84. The first-order valence-corrected chi connectivity index (χ1v) is 8.14. The SMILES string of the molecule is CC(C)(c1ccc([N+](=O)[O-])cc1)C(C[N+](=O)[O-])c1ccccc1Br. The highest BCUT2D eigenvalue weighted by molar-refractivity contribution is 9.10. The van der Waals surface area contributed by atoms with Gasteiger partial charge < -0.3 is 0 Å². The molecule has 0 saturated carbocycles. The molecule has 0 N–H and O–H groups in total. The minimum absolute atomic E-state index is 0.00117. The first kappa shape index (κ1) is 18.1. The van der Waals surface area contributed by atoms with Crippen LogP contribution in [0.1, 0.15) is 30.9 Å². The number of nitrogens with zero attached hydrogens (tertiary/aromatic N) is 2. The maximum Gasteiger partial charge on any atom is 0.269 e. The van der Waals surface area contributed by atoms with Gasteiger partial charge in [0.25, 0.3) is 5.69 Å². The van der Waals surface area contributed by atoms with Gasteiger partial charge in [0.15, 0.2) is 0 Å². The van der Waals surface area contributed by atoms with Crippen LogP contribution in [0.3, 0.4) is 0 Å². The van der Waals surface area contributed by atoms with Crippen molar-refractivity contribution >= 4 is 21.6 Å². The van der Waals surface area contributed by atoms with E-state index in [2.05, 4.69) is 15.9 Å². The van der Waals surface area contributed by atoms with Gasteiger partial charge in [0.1, 0.15) is 0 Å². The second kappa shape index (κ2) is 7.09. The summed E-state index contributed by atoms with van der Waals surface area (Å²) in [5, 5.41) is 22.0. The van der Waals surface area contributed by atoms with E-state index in [0.29, 0.717) is 0 Å². The lowest BCUT2D eigenvalue weighted by molar-refractivity contribution is -0.485. The Morgan fingerprint density at radius 2 is 1.62 bits per heavy atom. The Morgan fingerprint density at radius 1 is 1.04 bits per heavy atom. The van der Waals surface area contributed by atoms with E-state index in [4.69, 9.17) is 0 Å². The van der Waals surface area contributed by atoms with Crippen molar-refractivity contribution in [3.05, 3.63) is 84.4 Å². The zero-order chi connectivity index (χ0) is 17.9. The van der Waals surface area contributed by atoms with Gasteiger partial charge in [-0.25, -0.2) is 0 Å². The first-order chi connectivity index (χ1) is 11.2. The third kappa shape index (κ3) is 3.79. The fourth-order valence-corrected chi connectivity index (χ4v) is 3.40. The van der Waals surface area contributed by atoms with Crippen LogP contribution in [-0.4, -0.2) is 16.4 Å². The van der Waals surface area contributed by atoms with Crippen molar-refractivity contribution in [3.63, 3.8) is 0 Å². The molecule has 0 aromatic heterocycles. The van der Waals surface area contributed by atoms with Crippen molar-refractivity contribution in [1.29, 1.82) is 0 Å². The summed E-state index contributed by atoms with van der Waals surface area (Å²) in [6.07, 6.45) is 0. The van der Waals surface area contributed by atoms with Crippen molar-refractivity contribution in [3.8, 4) is 0 Å². The van der Waals surface area contributed by atoms with Crippen LogP contribution in [0.5, 0.6) is 0 Å². The van der Waals surface area contributed by atoms with Crippen molar-refractivity contribution in [2.24, 2.45) is 0 Å². The van der Waals surface area contributed by atoms with Gasteiger partial charge in [-0.2, -0.15) is 0 Å². The Morgan fingerprint density at radius 3 is 2.12 bits per heavy atom. The molecule has 0 saturated heterocycles. The van der Waals surface area contributed by atoms with Gasteiger partial charge >= 0.3 is 0 Å². The normalized spacial score (nSPS) is 12.6. The van der Waals surface area contributed by atoms with E-state index in [1.54, 1.807) is 12.1 Å². The summed E-state index contributed by atoms with van der Waals surface area (Å²) in [6.45, 7) is 3.61. The summed E-state index contributed by atoms with van der Waals surface area (Å²) >= 11 is 3.47. The van der Waals surface area contributed by atoms with E-state index in [0.717, 1.165) is 15.6 Å². The van der Waals surface area contributed by atoms with Gasteiger partial charge in [0.05, 0.1) is 10.8 Å². The summed E-state index contributed by atoms with van der Waals surface area (Å²) in [4.78, 5) is 21.3. The summed E-state index contributed by atoms with van der Waals surface area (Å²) < 4.78 is 0.812. The molecule has 0 radical (unpaired) electrons. The van der Waals surface area contributed by atoms with Crippen LogP contribution in [-0.2, 0) is 5.41 Å². The zero-order valence-electron chi connectivity index (χ0n) is 13.3. The zero-order valence-corrected chi connectivity index (χ0v) is 14.9. The minimum Gasteiger partial charge on any atom is -0.265 e. The standard InChI is InChI=1S/C17H17BrN2O4/c1-17(2,12-7-9-13(10-8-12)20(23)24)15(11-19(21)22)14-5-3-4-6-16(14)18/h3-10,15H,11H2,1-2H3. The van der Waals surface area contributed by atoms with Gasteiger partial charge in [0.2, 0.25) is 6.54 Å². The Balaban J connectivity index is 2.49. The lowest BCUT2D eigenvalue weighted by atomic mass is 9.70. The molecule has 0 aliphatic carbocycles. The molecule has 0 aliphatic rings. The van der Waals surface area contributed by atoms with E-state index in [1.807, 2.05) is 38.1 Å². The molecule has 2 rings (SSSR count). The Kier molecular flexibility index (Phi) is 5.33. The fraction of sp³-hybridized carbons (Fsp3) is 0.294. The molecule has 7 heteroatoms. The van der Waals surface area contributed by atoms with Crippen molar-refractivity contribution in [2.45, 2.75) is 25.2 Å². The van der Waals surface area contributed by atoms with Gasteiger partial charge in [-0.1, -0.05) is 60.1 Å². The maximum absolute atomic E-state index is 11.2. The summed E-state index contributed by atoms with van der Waals surface area (Å²) in [6, 6.07) is 13.6. The van der Waals surface area contributed by atoms with Gasteiger partial charge in [-0.3, -0.25) is 20.2 Å². The molecule has 2 aromatic carbocycles. The highest BCUT2D eigenvalue weighted by Crippen LogP contribution is 2.41. The highest BCUT2D eigenvalue weighted by atomic mass is 79.9. The Bertz CT molecular complexity index is 759. The lowest BCUT2D eigenvalue weighted by Crippen LogP contribution is -2.32. The average molecular weight is 393 g/mol. The molecule has 1 atom stereocenters. The number of hydrogen-bond acceptors (Lipinski definition) is 4. The minimum atomic E-state index is -0.577. The van der Waals surface area contributed by atoms with Crippen LogP contribution in [0.25, 0.3) is 0 Å². The predicted molar refractivity (Wildman–Crippen MR) is 94.9 cm³/mol. The van der Waals surface area contributed by atoms with Crippen LogP contribution in [0, 0.1) is 20.2 Å². The van der Waals surface area contributed by atoms with Crippen LogP contribution in [0.4, 0.5) is 5.69 Å². The smallest absolute Gasteiger partial charge is 0.265 e. The van der Waals surface area contributed by atoms with E-state index in [9.17, 15) is 20.2 Å². The molecule has 0 spiro atoms. The van der Waals surface area contributed by atoms with Crippen LogP contribution < -0.4 is 0 Å². The molecule has 24 heavy (non-hydrogen) atoms. The number of nitro groups is 2. The topological polar surface area (TPSA) is 86.3 Å². The number of nitro benzene ring substituents is 1. The quantitative estimate of drug-likeness (QED) is 0.526. The lowest BCUT2D eigenvalue weighted by Gasteiger charge is -2.33. The van der Waals surface area contributed by atoms with Crippen molar-refractivity contribution in [2.75, 3.05) is 6.54 Å². The molecular weight excluding hydrogens is 376 g/mol. The molecule has 2 aromatic rings.